The van der Waals surface area contributed by atoms with Crippen molar-refractivity contribution in [1.29, 1.82) is 0 Å². The average Bonchev–Trinajstić information content (AvgIpc) is 3.44. The minimum Gasteiger partial charge on any atom is -0.394 e. The van der Waals surface area contributed by atoms with Gasteiger partial charge in [0.1, 0.15) is 48.8 Å². The van der Waals surface area contributed by atoms with Crippen LogP contribution in [0.25, 0.3) is 0 Å². The molecule has 2 fully saturated rings. The van der Waals surface area contributed by atoms with Gasteiger partial charge in [0, 0.05) is 6.42 Å². The molecule has 0 aromatic heterocycles. The van der Waals surface area contributed by atoms with Crippen LogP contribution in [0.4, 0.5) is 0 Å². The summed E-state index contributed by atoms with van der Waals surface area (Å²) in [6.45, 7) is 2.79. The molecule has 0 spiro atoms. The summed E-state index contributed by atoms with van der Waals surface area (Å²) >= 11 is 0. The summed E-state index contributed by atoms with van der Waals surface area (Å²) in [5, 5.41) is 87.2. The number of amides is 1. The fraction of sp³-hybridized carbons (Fsp3) is 0.857. The fourth-order valence-corrected chi connectivity index (χ4v) is 10.2. The van der Waals surface area contributed by atoms with Gasteiger partial charge in [0.15, 0.2) is 12.6 Å². The largest absolute Gasteiger partial charge is 0.394 e. The second-order valence-corrected chi connectivity index (χ2v) is 22.2. The van der Waals surface area contributed by atoms with E-state index in [2.05, 4.69) is 55.6 Å². The first-order valence-electron chi connectivity index (χ1n) is 31.4. The Morgan fingerprint density at radius 1 is 0.468 bits per heavy atom. The lowest BCUT2D eigenvalue weighted by molar-refractivity contribution is -0.359. The van der Waals surface area contributed by atoms with Crippen molar-refractivity contribution in [2.75, 3.05) is 19.8 Å². The van der Waals surface area contributed by atoms with Crippen LogP contribution < -0.4 is 5.32 Å². The number of carbonyl (C=O) groups is 1. The monoisotopic (exact) mass is 1090 g/mol. The van der Waals surface area contributed by atoms with Crippen molar-refractivity contribution in [2.45, 2.75) is 325 Å². The smallest absolute Gasteiger partial charge is 0.220 e. The Labute approximate surface area is 467 Å². The van der Waals surface area contributed by atoms with E-state index in [1.54, 1.807) is 6.08 Å². The minimum absolute atomic E-state index is 0.252. The second-order valence-electron chi connectivity index (χ2n) is 22.2. The second kappa shape index (κ2) is 48.6. The summed E-state index contributed by atoms with van der Waals surface area (Å²) in [6.07, 6.45) is 44.3. The van der Waals surface area contributed by atoms with E-state index in [0.717, 1.165) is 44.9 Å². The molecule has 14 heteroatoms. The zero-order chi connectivity index (χ0) is 56.0. The van der Waals surface area contributed by atoms with Gasteiger partial charge in [-0.05, 0) is 64.2 Å². The Morgan fingerprint density at radius 3 is 1.35 bits per heavy atom. The van der Waals surface area contributed by atoms with Gasteiger partial charge < -0.3 is 65.1 Å². The van der Waals surface area contributed by atoms with Gasteiger partial charge in [-0.2, -0.15) is 0 Å². The van der Waals surface area contributed by atoms with Gasteiger partial charge in [-0.1, -0.05) is 229 Å². The van der Waals surface area contributed by atoms with Crippen LogP contribution >= 0.6 is 0 Å². The third-order valence-corrected chi connectivity index (χ3v) is 15.2. The van der Waals surface area contributed by atoms with Crippen LogP contribution in [0, 0.1) is 0 Å². The number of rotatable bonds is 50. The molecule has 0 aliphatic carbocycles. The van der Waals surface area contributed by atoms with E-state index in [1.165, 1.54) is 173 Å². The van der Waals surface area contributed by atoms with Crippen LogP contribution in [-0.4, -0.2) is 140 Å². The van der Waals surface area contributed by atoms with Crippen LogP contribution in [0.2, 0.25) is 0 Å². The maximum atomic E-state index is 13.3. The third-order valence-electron chi connectivity index (χ3n) is 15.2. The summed E-state index contributed by atoms with van der Waals surface area (Å²) in [5.41, 5.74) is 0. The van der Waals surface area contributed by atoms with Crippen molar-refractivity contribution in [2.24, 2.45) is 0 Å². The normalized spacial score (nSPS) is 25.0. The Balaban J connectivity index is 1.77. The topological polar surface area (TPSA) is 228 Å². The van der Waals surface area contributed by atoms with E-state index in [4.69, 9.17) is 18.9 Å². The number of unbranched alkanes of at least 4 members (excludes halogenated alkanes) is 31. The first kappa shape index (κ1) is 71.1. The van der Waals surface area contributed by atoms with Gasteiger partial charge in [0.05, 0.1) is 32.0 Å². The highest BCUT2D eigenvalue weighted by Gasteiger charge is 2.51. The predicted molar refractivity (Wildman–Crippen MR) is 309 cm³/mol. The maximum absolute atomic E-state index is 13.3. The standard InChI is InChI=1S/C63H115NO13/c1-3-5-7-9-11-13-15-17-19-21-23-25-27-28-30-32-34-36-38-40-42-44-46-52(67)51(50-74-62-60(73)58(71)61(54(49-66)76-62)77-63-59(72)57(70)56(69)53(48-65)75-63)64-55(68)47-45-43-41-39-37-35-33-31-29-26-24-22-20-18-16-14-12-10-8-6-4-2/h16,18,22,24,36,38,44,46,51-54,56-63,65-67,69-73H,3-15,17,19-21,23,25-35,37,39-43,45,47-50H2,1-2H3,(H,64,68)/b18-16-,24-22-,38-36+,46-44+. The highest BCUT2D eigenvalue weighted by molar-refractivity contribution is 5.76. The van der Waals surface area contributed by atoms with Crippen LogP contribution in [0.15, 0.2) is 48.6 Å². The molecule has 450 valence electrons. The van der Waals surface area contributed by atoms with Gasteiger partial charge in [-0.25, -0.2) is 0 Å². The molecule has 2 aliphatic rings. The molecule has 0 radical (unpaired) electrons. The summed E-state index contributed by atoms with van der Waals surface area (Å²) in [5.74, 6) is -0.252. The quantitative estimate of drug-likeness (QED) is 0.0204. The van der Waals surface area contributed by atoms with Crippen LogP contribution in [-0.2, 0) is 23.7 Å². The molecule has 0 aromatic carbocycles. The van der Waals surface area contributed by atoms with E-state index < -0.39 is 86.8 Å². The van der Waals surface area contributed by atoms with Crippen molar-refractivity contribution in [1.82, 2.24) is 5.32 Å². The van der Waals surface area contributed by atoms with Crippen molar-refractivity contribution >= 4 is 5.91 Å². The van der Waals surface area contributed by atoms with E-state index in [1.807, 2.05) is 6.08 Å². The molecule has 0 saturated carbocycles. The summed E-state index contributed by atoms with van der Waals surface area (Å²) < 4.78 is 22.8. The highest BCUT2D eigenvalue weighted by Crippen LogP contribution is 2.30. The number of hydrogen-bond acceptors (Lipinski definition) is 13. The van der Waals surface area contributed by atoms with Gasteiger partial charge >= 0.3 is 0 Å². The van der Waals surface area contributed by atoms with E-state index in [-0.39, 0.29) is 18.9 Å². The molecule has 14 nitrogen and oxygen atoms in total. The molecule has 0 bridgehead atoms. The molecule has 77 heavy (non-hydrogen) atoms. The molecule has 2 aliphatic heterocycles. The average molecular weight is 1090 g/mol. The Hall–Kier alpha value is -2.05. The number of ether oxygens (including phenoxy) is 4. The van der Waals surface area contributed by atoms with Crippen molar-refractivity contribution < 1.29 is 64.6 Å². The van der Waals surface area contributed by atoms with Gasteiger partial charge in [-0.3, -0.25) is 4.79 Å². The number of hydrogen-bond donors (Lipinski definition) is 9. The zero-order valence-corrected chi connectivity index (χ0v) is 48.5. The Morgan fingerprint density at radius 2 is 0.870 bits per heavy atom. The summed E-state index contributed by atoms with van der Waals surface area (Å²) in [7, 11) is 0. The fourth-order valence-electron chi connectivity index (χ4n) is 10.2. The van der Waals surface area contributed by atoms with Gasteiger partial charge in [0.25, 0.3) is 0 Å². The molecule has 12 unspecified atom stereocenters. The SMILES string of the molecule is CCCCCCC/C=C\C/C=C\CCCCCCCCCCCC(=O)NC(COC1OC(CO)C(OC2OC(CO)C(O)C(O)C2O)C(O)C1O)C(O)/C=C/CC/C=C/CCCCCCCCCCCCCCCCCC. The molecular formula is C63H115NO13. The highest BCUT2D eigenvalue weighted by atomic mass is 16.7. The van der Waals surface area contributed by atoms with E-state index >= 15 is 0 Å². The number of carbonyl (C=O) groups excluding carboxylic acids is 1. The molecule has 2 rings (SSSR count). The summed E-state index contributed by atoms with van der Waals surface area (Å²) in [4.78, 5) is 13.3. The van der Waals surface area contributed by atoms with Crippen molar-refractivity contribution in [3.05, 3.63) is 48.6 Å². The summed E-state index contributed by atoms with van der Waals surface area (Å²) in [6, 6.07) is -0.935. The first-order valence-corrected chi connectivity index (χ1v) is 31.4. The molecule has 9 N–H and O–H groups in total. The molecule has 2 heterocycles. The Bertz CT molecular complexity index is 1480. The molecule has 12 atom stereocenters. The Kier molecular flexibility index (Phi) is 44.9. The zero-order valence-electron chi connectivity index (χ0n) is 48.5. The number of nitrogens with one attached hydrogen (secondary N) is 1. The van der Waals surface area contributed by atoms with Gasteiger partial charge in [0.2, 0.25) is 5.91 Å². The number of aliphatic hydroxyl groups is 8. The minimum atomic E-state index is -1.79. The third kappa shape index (κ3) is 34.1. The van der Waals surface area contributed by atoms with Crippen molar-refractivity contribution in [3.8, 4) is 0 Å². The van der Waals surface area contributed by atoms with Crippen LogP contribution in [0.3, 0.4) is 0 Å². The van der Waals surface area contributed by atoms with Crippen LogP contribution in [0.1, 0.15) is 251 Å². The maximum Gasteiger partial charge on any atom is 0.220 e. The van der Waals surface area contributed by atoms with E-state index in [0.29, 0.717) is 12.8 Å². The predicted octanol–water partition coefficient (Wildman–Crippen LogP) is 11.2. The lowest BCUT2D eigenvalue weighted by Crippen LogP contribution is -2.65. The number of aliphatic hydroxyl groups excluding tert-OH is 8. The molecular weight excluding hydrogens is 979 g/mol. The van der Waals surface area contributed by atoms with E-state index in [9.17, 15) is 45.6 Å². The van der Waals surface area contributed by atoms with Crippen molar-refractivity contribution in [3.63, 3.8) is 0 Å². The lowest BCUT2D eigenvalue weighted by Gasteiger charge is -2.46. The first-order chi connectivity index (χ1) is 37.6. The molecule has 2 saturated heterocycles. The van der Waals surface area contributed by atoms with Gasteiger partial charge in [-0.15, -0.1) is 0 Å². The van der Waals surface area contributed by atoms with Crippen LogP contribution in [0.5, 0.6) is 0 Å². The molecule has 1 amide bonds. The number of allylic oxidation sites excluding steroid dienone is 7. The lowest BCUT2D eigenvalue weighted by atomic mass is 9.97. The molecule has 0 aromatic rings.